The number of piperidine rings is 1. The van der Waals surface area contributed by atoms with Crippen molar-refractivity contribution in [2.75, 3.05) is 19.6 Å². The number of carbonyl (C=O) groups is 1. The summed E-state index contributed by atoms with van der Waals surface area (Å²) in [6.45, 7) is 4.68. The van der Waals surface area contributed by atoms with E-state index >= 15 is 0 Å². The standard InChI is InChI=1S/C20H27N5O/c1-14-5-7-15(8-6-14)17-12-21-23-19(17)16-4-3-11-25(13-16)20(26)18-9-10-22-24(18)2/h5-10,16-17,19,21,23H,3-4,11-13H2,1-2H3. The Labute approximate surface area is 154 Å². The van der Waals surface area contributed by atoms with Crippen LogP contribution >= 0.6 is 0 Å². The molecule has 2 aliphatic rings. The summed E-state index contributed by atoms with van der Waals surface area (Å²) in [5.74, 6) is 0.974. The molecule has 3 atom stereocenters. The quantitative estimate of drug-likeness (QED) is 0.884. The van der Waals surface area contributed by atoms with E-state index in [0.717, 1.165) is 32.5 Å². The lowest BCUT2D eigenvalue weighted by Crippen LogP contribution is -2.48. The monoisotopic (exact) mass is 353 g/mol. The molecule has 1 aromatic heterocycles. The minimum atomic E-state index is 0.0903. The number of benzene rings is 1. The van der Waals surface area contributed by atoms with E-state index in [1.165, 1.54) is 11.1 Å². The lowest BCUT2D eigenvalue weighted by molar-refractivity contribution is 0.0633. The van der Waals surface area contributed by atoms with Gasteiger partial charge in [0.1, 0.15) is 5.69 Å². The smallest absolute Gasteiger partial charge is 0.272 e. The number of nitrogens with zero attached hydrogens (tertiary/aromatic N) is 3. The van der Waals surface area contributed by atoms with Crippen molar-refractivity contribution in [3.05, 3.63) is 53.3 Å². The van der Waals surface area contributed by atoms with Crippen molar-refractivity contribution in [1.82, 2.24) is 25.5 Å². The summed E-state index contributed by atoms with van der Waals surface area (Å²) in [6, 6.07) is 11.0. The van der Waals surface area contributed by atoms with Crippen LogP contribution < -0.4 is 10.9 Å². The first kappa shape index (κ1) is 17.2. The molecule has 2 N–H and O–H groups in total. The molecule has 2 saturated heterocycles. The number of aryl methyl sites for hydroxylation is 2. The van der Waals surface area contributed by atoms with Gasteiger partial charge in [0.2, 0.25) is 0 Å². The summed E-state index contributed by atoms with van der Waals surface area (Å²) in [7, 11) is 1.82. The fourth-order valence-electron chi connectivity index (χ4n) is 4.33. The highest BCUT2D eigenvalue weighted by Crippen LogP contribution is 2.32. The van der Waals surface area contributed by atoms with Crippen LogP contribution in [0.4, 0.5) is 0 Å². The highest BCUT2D eigenvalue weighted by Gasteiger charge is 2.37. The predicted molar refractivity (Wildman–Crippen MR) is 101 cm³/mol. The van der Waals surface area contributed by atoms with Gasteiger partial charge in [-0.3, -0.25) is 20.3 Å². The molecule has 26 heavy (non-hydrogen) atoms. The Morgan fingerprint density at radius 2 is 2.04 bits per heavy atom. The van der Waals surface area contributed by atoms with E-state index in [1.54, 1.807) is 16.9 Å². The first-order chi connectivity index (χ1) is 12.6. The molecule has 138 valence electrons. The number of hydrogen-bond acceptors (Lipinski definition) is 4. The molecule has 0 aliphatic carbocycles. The maximum atomic E-state index is 12.9. The van der Waals surface area contributed by atoms with E-state index in [1.807, 2.05) is 11.9 Å². The number of likely N-dealkylation sites (tertiary alicyclic amines) is 1. The van der Waals surface area contributed by atoms with Crippen molar-refractivity contribution in [3.63, 3.8) is 0 Å². The van der Waals surface area contributed by atoms with E-state index in [9.17, 15) is 4.79 Å². The van der Waals surface area contributed by atoms with Gasteiger partial charge >= 0.3 is 0 Å². The number of carbonyl (C=O) groups excluding carboxylic acids is 1. The summed E-state index contributed by atoms with van der Waals surface area (Å²) in [5, 5.41) is 4.13. The van der Waals surface area contributed by atoms with Crippen LogP contribution in [0, 0.1) is 12.8 Å². The Kier molecular flexibility index (Phi) is 4.78. The Bertz CT molecular complexity index is 769. The zero-order valence-electron chi connectivity index (χ0n) is 15.5. The van der Waals surface area contributed by atoms with Crippen LogP contribution in [-0.2, 0) is 7.05 Å². The fraction of sp³-hybridized carbons (Fsp3) is 0.500. The maximum absolute atomic E-state index is 12.9. The first-order valence-corrected chi connectivity index (χ1v) is 9.45. The summed E-state index contributed by atoms with van der Waals surface area (Å²) in [5.41, 5.74) is 10.2. The summed E-state index contributed by atoms with van der Waals surface area (Å²) < 4.78 is 1.66. The van der Waals surface area contributed by atoms with Crippen LogP contribution in [0.25, 0.3) is 0 Å². The third-order valence-electron chi connectivity index (χ3n) is 5.82. The molecule has 0 spiro atoms. The molecule has 0 radical (unpaired) electrons. The van der Waals surface area contributed by atoms with Crippen LogP contribution in [0.1, 0.15) is 40.4 Å². The lowest BCUT2D eigenvalue weighted by Gasteiger charge is -2.37. The third-order valence-corrected chi connectivity index (χ3v) is 5.82. The molecule has 3 unspecified atom stereocenters. The summed E-state index contributed by atoms with van der Waals surface area (Å²) in [6.07, 6.45) is 3.88. The lowest BCUT2D eigenvalue weighted by atomic mass is 9.81. The molecule has 2 fully saturated rings. The van der Waals surface area contributed by atoms with Gasteiger partial charge in [-0.2, -0.15) is 5.10 Å². The molecular weight excluding hydrogens is 326 g/mol. The zero-order valence-corrected chi connectivity index (χ0v) is 15.5. The number of hydrazine groups is 1. The topological polar surface area (TPSA) is 62.2 Å². The number of rotatable bonds is 3. The summed E-state index contributed by atoms with van der Waals surface area (Å²) in [4.78, 5) is 14.9. The molecule has 1 aromatic carbocycles. The van der Waals surface area contributed by atoms with Crippen molar-refractivity contribution in [3.8, 4) is 0 Å². The van der Waals surface area contributed by atoms with Crippen LogP contribution in [-0.4, -0.2) is 46.3 Å². The molecule has 3 heterocycles. The van der Waals surface area contributed by atoms with Gasteiger partial charge in [-0.05, 0) is 37.3 Å². The van der Waals surface area contributed by atoms with E-state index in [2.05, 4.69) is 47.1 Å². The number of nitrogens with one attached hydrogen (secondary N) is 2. The van der Waals surface area contributed by atoms with E-state index < -0.39 is 0 Å². The van der Waals surface area contributed by atoms with E-state index in [4.69, 9.17) is 0 Å². The van der Waals surface area contributed by atoms with Gasteiger partial charge in [0.25, 0.3) is 5.91 Å². The van der Waals surface area contributed by atoms with Gasteiger partial charge in [0.05, 0.1) is 0 Å². The largest absolute Gasteiger partial charge is 0.337 e. The van der Waals surface area contributed by atoms with Crippen LogP contribution in [0.15, 0.2) is 36.5 Å². The predicted octanol–water partition coefficient (Wildman–Crippen LogP) is 1.84. The average Bonchev–Trinajstić information content (AvgIpc) is 3.31. The Balaban J connectivity index is 1.49. The van der Waals surface area contributed by atoms with Crippen LogP contribution in [0.2, 0.25) is 0 Å². The SMILES string of the molecule is Cc1ccc(C2CNNC2C2CCCN(C(=O)c3ccnn3C)C2)cc1. The average molecular weight is 353 g/mol. The number of aromatic nitrogens is 2. The molecule has 6 heteroatoms. The molecular formula is C20H27N5O. The molecule has 6 nitrogen and oxygen atoms in total. The number of amides is 1. The van der Waals surface area contributed by atoms with Gasteiger partial charge in [-0.15, -0.1) is 0 Å². The van der Waals surface area contributed by atoms with Crippen molar-refractivity contribution >= 4 is 5.91 Å². The van der Waals surface area contributed by atoms with Gasteiger partial charge < -0.3 is 4.90 Å². The van der Waals surface area contributed by atoms with Gasteiger partial charge in [0.15, 0.2) is 0 Å². The van der Waals surface area contributed by atoms with Crippen molar-refractivity contribution < 1.29 is 4.79 Å². The van der Waals surface area contributed by atoms with E-state index in [0.29, 0.717) is 23.6 Å². The summed E-state index contributed by atoms with van der Waals surface area (Å²) >= 11 is 0. The second-order valence-electron chi connectivity index (χ2n) is 7.56. The molecule has 4 rings (SSSR count). The minimum Gasteiger partial charge on any atom is -0.337 e. The first-order valence-electron chi connectivity index (χ1n) is 9.45. The molecule has 0 saturated carbocycles. The van der Waals surface area contributed by atoms with E-state index in [-0.39, 0.29) is 5.91 Å². The fourth-order valence-corrected chi connectivity index (χ4v) is 4.33. The van der Waals surface area contributed by atoms with Crippen molar-refractivity contribution in [1.29, 1.82) is 0 Å². The highest BCUT2D eigenvalue weighted by molar-refractivity contribution is 5.92. The van der Waals surface area contributed by atoms with Crippen molar-refractivity contribution in [2.24, 2.45) is 13.0 Å². The normalized spacial score (nSPS) is 26.2. The zero-order chi connectivity index (χ0) is 18.1. The minimum absolute atomic E-state index is 0.0903. The maximum Gasteiger partial charge on any atom is 0.272 e. The molecule has 1 amide bonds. The highest BCUT2D eigenvalue weighted by atomic mass is 16.2. The number of hydrogen-bond donors (Lipinski definition) is 2. The molecule has 0 bridgehead atoms. The van der Waals surface area contributed by atoms with Gasteiger partial charge in [0, 0.05) is 44.8 Å². The Hall–Kier alpha value is -2.18. The third kappa shape index (κ3) is 3.27. The van der Waals surface area contributed by atoms with Crippen LogP contribution in [0.3, 0.4) is 0 Å². The van der Waals surface area contributed by atoms with Gasteiger partial charge in [-0.1, -0.05) is 29.8 Å². The Morgan fingerprint density at radius 3 is 2.77 bits per heavy atom. The second kappa shape index (κ2) is 7.21. The Morgan fingerprint density at radius 1 is 1.23 bits per heavy atom. The van der Waals surface area contributed by atoms with Crippen LogP contribution in [0.5, 0.6) is 0 Å². The molecule has 2 aromatic rings. The van der Waals surface area contributed by atoms with Crippen molar-refractivity contribution in [2.45, 2.75) is 31.7 Å². The second-order valence-corrected chi connectivity index (χ2v) is 7.56. The van der Waals surface area contributed by atoms with Gasteiger partial charge in [-0.25, -0.2) is 0 Å². The molecule has 2 aliphatic heterocycles.